The summed E-state index contributed by atoms with van der Waals surface area (Å²) in [4.78, 5) is 0. The van der Waals surface area contributed by atoms with E-state index in [1.807, 2.05) is 0 Å². The Bertz CT molecular complexity index is 1080. The summed E-state index contributed by atoms with van der Waals surface area (Å²) in [5.41, 5.74) is 4.34. The zero-order valence-electron chi connectivity index (χ0n) is 24.2. The number of aryl methyl sites for hydroxylation is 2. The number of hydrogen-bond acceptors (Lipinski definition) is 5. The van der Waals surface area contributed by atoms with Crippen molar-refractivity contribution in [3.8, 4) is 11.5 Å². The normalized spacial score (nSPS) is 18.2. The molecule has 2 aromatic carbocycles. The second kappa shape index (κ2) is 14.4. The van der Waals surface area contributed by atoms with Crippen LogP contribution in [0.5, 0.6) is 11.5 Å². The van der Waals surface area contributed by atoms with Gasteiger partial charge in [0.2, 0.25) is 0 Å². The van der Waals surface area contributed by atoms with E-state index >= 15 is 0 Å². The van der Waals surface area contributed by atoms with Gasteiger partial charge in [0.1, 0.15) is 48.1 Å². The van der Waals surface area contributed by atoms with Gasteiger partial charge in [0, 0.05) is 22.9 Å². The zero-order chi connectivity index (χ0) is 26.9. The number of ether oxygens (including phenoxy) is 4. The van der Waals surface area contributed by atoms with Gasteiger partial charge >= 0.3 is 0 Å². The maximum atomic E-state index is 6.41. The van der Waals surface area contributed by atoms with Crippen LogP contribution in [0, 0.1) is 0 Å². The van der Waals surface area contributed by atoms with Gasteiger partial charge in [-0.05, 0) is 48.9 Å². The number of furan rings is 1. The molecule has 0 aliphatic carbocycles. The number of benzene rings is 2. The van der Waals surface area contributed by atoms with Gasteiger partial charge in [-0.2, -0.15) is 0 Å². The highest BCUT2D eigenvalue weighted by atomic mass is 16.6. The highest BCUT2D eigenvalue weighted by molar-refractivity contribution is 6.06. The summed E-state index contributed by atoms with van der Waals surface area (Å²) >= 11 is 0. The second-order valence-electron chi connectivity index (χ2n) is 11.6. The summed E-state index contributed by atoms with van der Waals surface area (Å²) in [6.45, 7) is 7.36. The minimum absolute atomic E-state index is 0.234. The first-order valence-corrected chi connectivity index (χ1v) is 15.8. The third-order valence-corrected chi connectivity index (χ3v) is 8.09. The molecule has 2 aliphatic rings. The van der Waals surface area contributed by atoms with Crippen LogP contribution >= 0.6 is 0 Å². The highest BCUT2D eigenvalue weighted by Crippen LogP contribution is 2.38. The second-order valence-corrected chi connectivity index (χ2v) is 11.6. The van der Waals surface area contributed by atoms with Crippen LogP contribution in [0.15, 0.2) is 28.7 Å². The molecule has 0 N–H and O–H groups in total. The summed E-state index contributed by atoms with van der Waals surface area (Å²) in [5.74, 6) is 1.89. The largest absolute Gasteiger partial charge is 0.490 e. The van der Waals surface area contributed by atoms with Gasteiger partial charge in [0.25, 0.3) is 0 Å². The van der Waals surface area contributed by atoms with E-state index in [0.29, 0.717) is 13.2 Å². The molecule has 3 aromatic rings. The molecule has 2 aliphatic heterocycles. The number of epoxide rings is 2. The minimum atomic E-state index is 0.234. The molecule has 2 saturated heterocycles. The molecule has 0 amide bonds. The first kappa shape index (κ1) is 28.3. The Balaban J connectivity index is 1.37. The quantitative estimate of drug-likeness (QED) is 0.107. The van der Waals surface area contributed by atoms with Crippen molar-refractivity contribution in [3.63, 3.8) is 0 Å². The number of fused-ring (bicyclic) bond motifs is 3. The Kier molecular flexibility index (Phi) is 10.5. The Morgan fingerprint density at radius 3 is 1.41 bits per heavy atom. The maximum Gasteiger partial charge on any atom is 0.139 e. The van der Waals surface area contributed by atoms with Crippen molar-refractivity contribution in [2.75, 3.05) is 26.4 Å². The molecule has 5 heteroatoms. The van der Waals surface area contributed by atoms with Crippen molar-refractivity contribution in [3.05, 3.63) is 35.4 Å². The van der Waals surface area contributed by atoms with Crippen LogP contribution in [0.25, 0.3) is 21.9 Å². The Morgan fingerprint density at radius 2 is 1.00 bits per heavy atom. The van der Waals surface area contributed by atoms with Crippen LogP contribution in [0.3, 0.4) is 0 Å². The van der Waals surface area contributed by atoms with Crippen molar-refractivity contribution < 1.29 is 23.4 Å². The Labute approximate surface area is 234 Å². The van der Waals surface area contributed by atoms with Crippen LogP contribution in [-0.4, -0.2) is 38.6 Å². The van der Waals surface area contributed by atoms with E-state index in [9.17, 15) is 0 Å². The van der Waals surface area contributed by atoms with Gasteiger partial charge in [-0.25, -0.2) is 0 Å². The lowest BCUT2D eigenvalue weighted by Gasteiger charge is -2.12. The Hall–Kier alpha value is -2.24. The molecule has 5 nitrogen and oxygen atoms in total. The van der Waals surface area contributed by atoms with Crippen LogP contribution in [0.4, 0.5) is 0 Å². The van der Waals surface area contributed by atoms with E-state index in [2.05, 4.69) is 38.1 Å². The van der Waals surface area contributed by atoms with Crippen molar-refractivity contribution >= 4 is 21.9 Å². The fourth-order valence-corrected chi connectivity index (χ4v) is 5.47. The van der Waals surface area contributed by atoms with E-state index in [-0.39, 0.29) is 12.2 Å². The molecular formula is C34H48O5. The van der Waals surface area contributed by atoms with Gasteiger partial charge in [-0.1, -0.05) is 78.1 Å². The first-order chi connectivity index (χ1) is 19.2. The van der Waals surface area contributed by atoms with E-state index in [1.165, 1.54) is 98.9 Å². The molecule has 0 saturated carbocycles. The van der Waals surface area contributed by atoms with Crippen LogP contribution in [0.1, 0.15) is 102 Å². The van der Waals surface area contributed by atoms with E-state index in [0.717, 1.165) is 48.7 Å². The fourth-order valence-electron chi connectivity index (χ4n) is 5.47. The smallest absolute Gasteiger partial charge is 0.139 e. The predicted octanol–water partition coefficient (Wildman–Crippen LogP) is 8.95. The van der Waals surface area contributed by atoms with Crippen molar-refractivity contribution in [2.45, 2.75) is 116 Å². The monoisotopic (exact) mass is 536 g/mol. The van der Waals surface area contributed by atoms with Gasteiger partial charge in [-0.3, -0.25) is 0 Å². The maximum absolute atomic E-state index is 6.41. The molecule has 3 heterocycles. The van der Waals surface area contributed by atoms with Gasteiger partial charge in [-0.15, -0.1) is 0 Å². The van der Waals surface area contributed by atoms with E-state index in [1.54, 1.807) is 0 Å². The molecule has 5 rings (SSSR count). The van der Waals surface area contributed by atoms with Crippen molar-refractivity contribution in [2.24, 2.45) is 0 Å². The molecule has 0 spiro atoms. The van der Waals surface area contributed by atoms with Crippen molar-refractivity contribution in [1.82, 2.24) is 0 Å². The molecule has 2 unspecified atom stereocenters. The third-order valence-electron chi connectivity index (χ3n) is 8.09. The molecule has 0 radical (unpaired) electrons. The molecule has 0 bridgehead atoms. The summed E-state index contributed by atoms with van der Waals surface area (Å²) in [5, 5.41) is 2.37. The Morgan fingerprint density at radius 1 is 0.590 bits per heavy atom. The number of unbranched alkanes of at least 4 members (excludes halogenated alkanes) is 10. The summed E-state index contributed by atoms with van der Waals surface area (Å²) < 4.78 is 29.7. The first-order valence-electron chi connectivity index (χ1n) is 15.8. The molecule has 2 fully saturated rings. The third kappa shape index (κ3) is 8.38. The predicted molar refractivity (Wildman–Crippen MR) is 158 cm³/mol. The topological polar surface area (TPSA) is 56.7 Å². The van der Waals surface area contributed by atoms with Gasteiger partial charge in [0.05, 0.1) is 13.2 Å². The van der Waals surface area contributed by atoms with Crippen molar-refractivity contribution in [1.29, 1.82) is 0 Å². The number of hydrogen-bond donors (Lipinski definition) is 0. The SMILES string of the molecule is CCCCCCCCc1cc2c(cc1OCC1CO1)oc1cc(OCC3CO3)c(CCCCCCCC)cc12. The van der Waals surface area contributed by atoms with Gasteiger partial charge in [0.15, 0.2) is 0 Å². The molecular weight excluding hydrogens is 488 g/mol. The molecule has 214 valence electrons. The average Bonchev–Trinajstić information content (AvgIpc) is 3.88. The lowest BCUT2D eigenvalue weighted by atomic mass is 9.99. The minimum Gasteiger partial charge on any atom is -0.490 e. The lowest BCUT2D eigenvalue weighted by molar-refractivity contribution is 0.261. The zero-order valence-corrected chi connectivity index (χ0v) is 24.2. The van der Waals surface area contributed by atoms with Crippen LogP contribution < -0.4 is 9.47 Å². The standard InChI is InChI=1S/C34H48O5/c1-3-5-7-9-11-13-15-25-17-29-30-18-26(16-14-12-10-8-6-4-2)32(38-24-28-22-36-28)20-34(30)39-33(29)19-31(25)37-23-27-21-35-27/h17-20,27-28H,3-16,21-24H2,1-2H3. The number of rotatable bonds is 20. The molecule has 1 aromatic heterocycles. The van der Waals surface area contributed by atoms with Crippen LogP contribution in [-0.2, 0) is 22.3 Å². The van der Waals surface area contributed by atoms with Crippen LogP contribution in [0.2, 0.25) is 0 Å². The van der Waals surface area contributed by atoms with E-state index < -0.39 is 0 Å². The highest BCUT2D eigenvalue weighted by Gasteiger charge is 2.25. The summed E-state index contributed by atoms with van der Waals surface area (Å²) in [7, 11) is 0. The fraction of sp³-hybridized carbons (Fsp3) is 0.647. The molecule has 2 atom stereocenters. The molecule has 39 heavy (non-hydrogen) atoms. The average molecular weight is 537 g/mol. The summed E-state index contributed by atoms with van der Waals surface area (Å²) in [6.07, 6.45) is 18.0. The van der Waals surface area contributed by atoms with E-state index in [4.69, 9.17) is 23.4 Å². The van der Waals surface area contributed by atoms with Gasteiger partial charge < -0.3 is 23.4 Å². The summed E-state index contributed by atoms with van der Waals surface area (Å²) in [6, 6.07) is 8.86. The lowest BCUT2D eigenvalue weighted by Crippen LogP contribution is -2.06.